The van der Waals surface area contributed by atoms with Crippen molar-refractivity contribution in [2.24, 2.45) is 0 Å². The van der Waals surface area contributed by atoms with Crippen molar-refractivity contribution in [2.45, 2.75) is 270 Å². The van der Waals surface area contributed by atoms with Crippen molar-refractivity contribution in [3.8, 4) is 0 Å². The molecule has 0 aromatic heterocycles. The molecule has 0 bridgehead atoms. The summed E-state index contributed by atoms with van der Waals surface area (Å²) in [5, 5.41) is 22.9. The standard InChI is InChI=1S/C50H95NO3/c1-3-5-7-9-11-13-14-15-16-17-18-19-20-21-22-23-24-25-26-27-28-29-30-31-32-33-34-35-36-38-40-42-44-46-50(54)51-48(47-52)49(53)45-43-41-39-37-12-10-8-6-4-2/h14-15,17-18,43,45,48-49,52-53H,3-13,16,19-42,44,46-47H2,1-2H3,(H,51,54)/b15-14-,18-17-,45-43+. The first kappa shape index (κ1) is 52.6. The zero-order valence-corrected chi connectivity index (χ0v) is 36.5. The summed E-state index contributed by atoms with van der Waals surface area (Å²) in [7, 11) is 0. The molecule has 54 heavy (non-hydrogen) atoms. The lowest BCUT2D eigenvalue weighted by Crippen LogP contribution is -2.45. The molecular weight excluding hydrogens is 663 g/mol. The molecule has 0 spiro atoms. The first-order chi connectivity index (χ1) is 26.7. The number of rotatable bonds is 44. The van der Waals surface area contributed by atoms with E-state index < -0.39 is 12.1 Å². The minimum atomic E-state index is -0.834. The van der Waals surface area contributed by atoms with E-state index in [1.807, 2.05) is 6.08 Å². The van der Waals surface area contributed by atoms with Gasteiger partial charge >= 0.3 is 0 Å². The summed E-state index contributed by atoms with van der Waals surface area (Å²) in [5.41, 5.74) is 0. The highest BCUT2D eigenvalue weighted by Crippen LogP contribution is 2.16. The number of unbranched alkanes of at least 4 members (excludes halogenated alkanes) is 33. The predicted molar refractivity (Wildman–Crippen MR) is 239 cm³/mol. The predicted octanol–water partition coefficient (Wildman–Crippen LogP) is 15.4. The Kier molecular flexibility index (Phi) is 44.8. The summed E-state index contributed by atoms with van der Waals surface area (Å²) in [6.07, 6.45) is 61.5. The van der Waals surface area contributed by atoms with Crippen molar-refractivity contribution in [1.82, 2.24) is 5.32 Å². The van der Waals surface area contributed by atoms with E-state index in [1.165, 1.54) is 205 Å². The Morgan fingerprint density at radius 1 is 0.444 bits per heavy atom. The molecule has 3 N–H and O–H groups in total. The number of aliphatic hydroxyl groups is 2. The Morgan fingerprint density at radius 2 is 0.759 bits per heavy atom. The first-order valence-corrected chi connectivity index (χ1v) is 24.2. The largest absolute Gasteiger partial charge is 0.394 e. The van der Waals surface area contributed by atoms with Crippen LogP contribution in [0.15, 0.2) is 36.5 Å². The molecule has 0 saturated carbocycles. The number of carbonyl (C=O) groups is 1. The summed E-state index contributed by atoms with van der Waals surface area (Å²) >= 11 is 0. The number of carbonyl (C=O) groups excluding carboxylic acids is 1. The topological polar surface area (TPSA) is 69.6 Å². The molecule has 0 heterocycles. The van der Waals surface area contributed by atoms with Gasteiger partial charge in [-0.3, -0.25) is 4.79 Å². The minimum Gasteiger partial charge on any atom is -0.394 e. The summed E-state index contributed by atoms with van der Waals surface area (Å²) in [6, 6.07) is -0.617. The number of hydrogen-bond acceptors (Lipinski definition) is 3. The van der Waals surface area contributed by atoms with Gasteiger partial charge in [-0.2, -0.15) is 0 Å². The Hall–Kier alpha value is -1.39. The Bertz CT molecular complexity index is 821. The van der Waals surface area contributed by atoms with Crippen LogP contribution >= 0.6 is 0 Å². The molecule has 4 heteroatoms. The lowest BCUT2D eigenvalue weighted by Gasteiger charge is -2.20. The Balaban J connectivity index is 3.39. The van der Waals surface area contributed by atoms with Gasteiger partial charge in [0.15, 0.2) is 0 Å². The van der Waals surface area contributed by atoms with Crippen LogP contribution in [0.2, 0.25) is 0 Å². The second-order valence-corrected chi connectivity index (χ2v) is 16.5. The average molecular weight is 758 g/mol. The first-order valence-electron chi connectivity index (χ1n) is 24.2. The third-order valence-electron chi connectivity index (χ3n) is 11.1. The van der Waals surface area contributed by atoms with Crippen LogP contribution in [0.3, 0.4) is 0 Å². The van der Waals surface area contributed by atoms with E-state index in [9.17, 15) is 15.0 Å². The maximum atomic E-state index is 12.4. The summed E-state index contributed by atoms with van der Waals surface area (Å²) in [4.78, 5) is 12.4. The van der Waals surface area contributed by atoms with Gasteiger partial charge in [0.2, 0.25) is 5.91 Å². The van der Waals surface area contributed by atoms with Crippen molar-refractivity contribution < 1.29 is 15.0 Å². The highest BCUT2D eigenvalue weighted by molar-refractivity contribution is 5.76. The third kappa shape index (κ3) is 41.8. The van der Waals surface area contributed by atoms with Crippen LogP contribution in [-0.4, -0.2) is 34.9 Å². The van der Waals surface area contributed by atoms with E-state index in [4.69, 9.17) is 0 Å². The minimum absolute atomic E-state index is 0.0636. The fraction of sp³-hybridized carbons (Fsp3) is 0.860. The van der Waals surface area contributed by atoms with Gasteiger partial charge in [-0.05, 0) is 51.4 Å². The van der Waals surface area contributed by atoms with Crippen LogP contribution in [0.5, 0.6) is 0 Å². The Labute approximate surface area is 338 Å². The molecule has 0 rings (SSSR count). The SMILES string of the molecule is CCCCCCC/C=C\C/C=C\CCCCCCCCCCCCCCCCCCCCCCCC(=O)NC(CO)C(O)/C=C/CCCCCCCCC. The molecule has 2 unspecified atom stereocenters. The number of hydrogen-bond donors (Lipinski definition) is 3. The molecule has 318 valence electrons. The van der Waals surface area contributed by atoms with Crippen LogP contribution in [-0.2, 0) is 4.79 Å². The summed E-state index contributed by atoms with van der Waals surface area (Å²) in [6.45, 7) is 4.28. The van der Waals surface area contributed by atoms with Crippen molar-refractivity contribution in [3.63, 3.8) is 0 Å². The van der Waals surface area contributed by atoms with Gasteiger partial charge in [-0.25, -0.2) is 0 Å². The molecule has 0 aliphatic heterocycles. The number of aliphatic hydroxyl groups excluding tert-OH is 2. The van der Waals surface area contributed by atoms with Gasteiger partial charge in [0.25, 0.3) is 0 Å². The van der Waals surface area contributed by atoms with Crippen LogP contribution in [0, 0.1) is 0 Å². The van der Waals surface area contributed by atoms with Crippen molar-refractivity contribution >= 4 is 5.91 Å². The molecule has 0 aromatic carbocycles. The van der Waals surface area contributed by atoms with Crippen LogP contribution < -0.4 is 5.32 Å². The molecule has 0 fully saturated rings. The quantitative estimate of drug-likeness (QED) is 0.0428. The fourth-order valence-corrected chi connectivity index (χ4v) is 7.39. The molecule has 4 nitrogen and oxygen atoms in total. The highest BCUT2D eigenvalue weighted by Gasteiger charge is 2.17. The summed E-state index contributed by atoms with van der Waals surface area (Å²) < 4.78 is 0. The molecular formula is C50H95NO3. The lowest BCUT2D eigenvalue weighted by molar-refractivity contribution is -0.123. The number of nitrogens with one attached hydrogen (secondary N) is 1. The average Bonchev–Trinajstić information content (AvgIpc) is 3.18. The second-order valence-electron chi connectivity index (χ2n) is 16.5. The van der Waals surface area contributed by atoms with Gasteiger partial charge in [-0.15, -0.1) is 0 Å². The van der Waals surface area contributed by atoms with E-state index in [2.05, 4.69) is 43.5 Å². The normalized spacial score (nSPS) is 13.2. The number of amides is 1. The van der Waals surface area contributed by atoms with Crippen molar-refractivity contribution in [1.29, 1.82) is 0 Å². The number of allylic oxidation sites excluding steroid dienone is 5. The van der Waals surface area contributed by atoms with E-state index >= 15 is 0 Å². The van der Waals surface area contributed by atoms with Crippen LogP contribution in [0.1, 0.15) is 258 Å². The molecule has 0 radical (unpaired) electrons. The molecule has 0 aliphatic carbocycles. The van der Waals surface area contributed by atoms with Crippen molar-refractivity contribution in [3.05, 3.63) is 36.5 Å². The van der Waals surface area contributed by atoms with E-state index in [1.54, 1.807) is 6.08 Å². The molecule has 0 aromatic rings. The van der Waals surface area contributed by atoms with E-state index in [0.29, 0.717) is 6.42 Å². The van der Waals surface area contributed by atoms with Gasteiger partial charge in [-0.1, -0.05) is 237 Å². The van der Waals surface area contributed by atoms with E-state index in [0.717, 1.165) is 32.1 Å². The fourth-order valence-electron chi connectivity index (χ4n) is 7.39. The Morgan fingerprint density at radius 3 is 1.11 bits per heavy atom. The molecule has 0 saturated heterocycles. The molecule has 1 amide bonds. The van der Waals surface area contributed by atoms with Gasteiger partial charge < -0.3 is 15.5 Å². The molecule has 0 aliphatic rings. The van der Waals surface area contributed by atoms with Gasteiger partial charge in [0, 0.05) is 6.42 Å². The maximum Gasteiger partial charge on any atom is 0.220 e. The zero-order valence-electron chi connectivity index (χ0n) is 36.5. The van der Waals surface area contributed by atoms with Crippen LogP contribution in [0.4, 0.5) is 0 Å². The van der Waals surface area contributed by atoms with Crippen molar-refractivity contribution in [2.75, 3.05) is 6.61 Å². The van der Waals surface area contributed by atoms with Gasteiger partial charge in [0.05, 0.1) is 18.8 Å². The second kappa shape index (κ2) is 46.0. The van der Waals surface area contributed by atoms with Gasteiger partial charge in [0.1, 0.15) is 0 Å². The smallest absolute Gasteiger partial charge is 0.220 e. The lowest BCUT2D eigenvalue weighted by atomic mass is 10.0. The highest BCUT2D eigenvalue weighted by atomic mass is 16.3. The maximum absolute atomic E-state index is 12.4. The molecule has 2 atom stereocenters. The van der Waals surface area contributed by atoms with E-state index in [-0.39, 0.29) is 12.5 Å². The third-order valence-corrected chi connectivity index (χ3v) is 11.1. The monoisotopic (exact) mass is 758 g/mol. The summed E-state index contributed by atoms with van der Waals surface area (Å²) in [5.74, 6) is -0.0636. The zero-order chi connectivity index (χ0) is 39.3. The van der Waals surface area contributed by atoms with Crippen LogP contribution in [0.25, 0.3) is 0 Å².